The van der Waals surface area contributed by atoms with Crippen LogP contribution in [0.4, 0.5) is 0 Å². The third-order valence-electron chi connectivity index (χ3n) is 4.06. The third-order valence-corrected chi connectivity index (χ3v) is 4.06. The minimum Gasteiger partial charge on any atom is -0.246 e. The van der Waals surface area contributed by atoms with E-state index < -0.39 is 0 Å². The minimum absolute atomic E-state index is 0. The molecule has 4 rings (SSSR count). The molecule has 30 heavy (non-hydrogen) atoms. The summed E-state index contributed by atoms with van der Waals surface area (Å²) in [6.07, 6.45) is 0. The number of rotatable bonds is 0. The summed E-state index contributed by atoms with van der Waals surface area (Å²) in [6.45, 7) is 1.58. The van der Waals surface area contributed by atoms with Gasteiger partial charge in [0.2, 0.25) is 0 Å². The summed E-state index contributed by atoms with van der Waals surface area (Å²) in [7, 11) is 0. The molecule has 138 valence electrons. The molecule has 0 unspecified atom stereocenters. The molecule has 0 aliphatic carbocycles. The van der Waals surface area contributed by atoms with E-state index >= 15 is 0 Å². The molecule has 0 aliphatic heterocycles. The van der Waals surface area contributed by atoms with E-state index in [1.54, 1.807) is 31.2 Å². The van der Waals surface area contributed by atoms with Gasteiger partial charge in [-0.05, 0) is 6.92 Å². The van der Waals surface area contributed by atoms with E-state index in [4.69, 9.17) is 0 Å². The molecule has 0 amide bonds. The van der Waals surface area contributed by atoms with Crippen LogP contribution in [0.1, 0.15) is 41.6 Å². The molecular weight excluding hydrogens is 382 g/mol. The molecule has 1 aromatic carbocycles. The van der Waals surface area contributed by atoms with Crippen molar-refractivity contribution in [3.8, 4) is 30.3 Å². The van der Waals surface area contributed by atoms with E-state index in [1.807, 2.05) is 6.07 Å². The van der Waals surface area contributed by atoms with Crippen molar-refractivity contribution < 1.29 is 0 Å². The van der Waals surface area contributed by atoms with Gasteiger partial charge in [-0.1, -0.05) is 7.43 Å². The topological polar surface area (TPSA) is 196 Å². The van der Waals surface area contributed by atoms with E-state index in [9.17, 15) is 26.3 Å². The number of hydrogen-bond acceptors (Lipinski definition) is 11. The lowest BCUT2D eigenvalue weighted by Crippen LogP contribution is -2.05. The van der Waals surface area contributed by atoms with Crippen LogP contribution in [0.3, 0.4) is 0 Å². The van der Waals surface area contributed by atoms with Crippen LogP contribution in [0.15, 0.2) is 0 Å². The van der Waals surface area contributed by atoms with Gasteiger partial charge in [-0.15, -0.1) is 0 Å². The summed E-state index contributed by atoms with van der Waals surface area (Å²) in [5.41, 5.74) is 0.0445. The zero-order chi connectivity index (χ0) is 20.7. The van der Waals surface area contributed by atoms with Crippen molar-refractivity contribution in [2.75, 3.05) is 0 Å². The van der Waals surface area contributed by atoms with E-state index in [0.717, 1.165) is 0 Å². The van der Waals surface area contributed by atoms with Gasteiger partial charge in [-0.2, -0.15) is 26.3 Å². The van der Waals surface area contributed by atoms with Crippen molar-refractivity contribution >= 4 is 33.1 Å². The number of nitriles is 5. The minimum atomic E-state index is -0.245. The lowest BCUT2D eigenvalue weighted by Gasteiger charge is -2.09. The van der Waals surface area contributed by atoms with E-state index in [2.05, 4.69) is 29.9 Å². The highest BCUT2D eigenvalue weighted by Gasteiger charge is 2.22. The molecule has 0 saturated heterocycles. The molecule has 11 heteroatoms. The molecular formula is C19H7N11. The summed E-state index contributed by atoms with van der Waals surface area (Å²) >= 11 is 0. The van der Waals surface area contributed by atoms with E-state index in [1.165, 1.54) is 0 Å². The number of nitrogens with zero attached hydrogens (tertiary/aromatic N) is 11. The maximum absolute atomic E-state index is 9.31. The number of fused-ring (bicyclic) bond motifs is 6. The van der Waals surface area contributed by atoms with Crippen LogP contribution >= 0.6 is 0 Å². The zero-order valence-electron chi connectivity index (χ0n) is 14.4. The van der Waals surface area contributed by atoms with Gasteiger partial charge in [0.25, 0.3) is 0 Å². The van der Waals surface area contributed by atoms with Crippen molar-refractivity contribution in [2.24, 2.45) is 0 Å². The fraction of sp³-hybridized carbons (Fsp3) is 0.105. The first kappa shape index (κ1) is 19.5. The van der Waals surface area contributed by atoms with E-state index in [-0.39, 0.29) is 69.0 Å². The number of hydrogen-bond donors (Lipinski definition) is 0. The molecule has 0 radical (unpaired) electrons. The van der Waals surface area contributed by atoms with Crippen LogP contribution < -0.4 is 0 Å². The number of benzene rings is 1. The Morgan fingerprint density at radius 1 is 0.433 bits per heavy atom. The zero-order valence-corrected chi connectivity index (χ0v) is 14.4. The largest absolute Gasteiger partial charge is 0.246 e. The molecule has 11 nitrogen and oxygen atoms in total. The summed E-state index contributed by atoms with van der Waals surface area (Å²) in [4.78, 5) is 25.3. The molecule has 0 fully saturated rings. The van der Waals surface area contributed by atoms with Gasteiger partial charge < -0.3 is 0 Å². The van der Waals surface area contributed by atoms with Crippen LogP contribution in [-0.2, 0) is 0 Å². The Morgan fingerprint density at radius 2 is 0.667 bits per heavy atom. The fourth-order valence-electron chi connectivity index (χ4n) is 2.80. The van der Waals surface area contributed by atoms with Crippen LogP contribution in [0.5, 0.6) is 0 Å². The molecule has 0 spiro atoms. The Morgan fingerprint density at radius 3 is 0.933 bits per heavy atom. The van der Waals surface area contributed by atoms with Crippen LogP contribution in [0.2, 0.25) is 0 Å². The Labute approximate surface area is 168 Å². The molecule has 3 aromatic heterocycles. The fourth-order valence-corrected chi connectivity index (χ4v) is 2.80. The van der Waals surface area contributed by atoms with Crippen molar-refractivity contribution in [1.82, 2.24) is 29.9 Å². The monoisotopic (exact) mass is 389 g/mol. The second-order valence-corrected chi connectivity index (χ2v) is 5.65. The SMILES string of the molecule is C.Cc1nc2c(nc1C#N)c1nc(C#N)c(C#N)nc1c1nc(C#N)c(C#N)nc21. The second kappa shape index (κ2) is 7.02. The van der Waals surface area contributed by atoms with Crippen molar-refractivity contribution in [2.45, 2.75) is 14.4 Å². The highest BCUT2D eigenvalue weighted by atomic mass is 14.9. The van der Waals surface area contributed by atoms with Gasteiger partial charge in [0, 0.05) is 0 Å². The molecule has 0 aliphatic rings. The van der Waals surface area contributed by atoms with Crippen molar-refractivity contribution in [1.29, 1.82) is 26.3 Å². The van der Waals surface area contributed by atoms with Crippen LogP contribution in [0.25, 0.3) is 33.1 Å². The highest BCUT2D eigenvalue weighted by molar-refractivity contribution is 6.18. The van der Waals surface area contributed by atoms with Crippen molar-refractivity contribution in [3.05, 3.63) is 34.2 Å². The maximum atomic E-state index is 9.31. The standard InChI is InChI=1S/C18H3N11.CH4/c1-7-8(2-19)25-14-13(24-7)15-17(28-10(4-21)9(3-20)26-15)18-16(14)27-11(5-22)12(6-23)29-18;/h1H3;1H4. The molecule has 4 aromatic rings. The third kappa shape index (κ3) is 2.55. The van der Waals surface area contributed by atoms with E-state index in [0.29, 0.717) is 5.69 Å². The quantitative estimate of drug-likeness (QED) is 0.397. The Hall–Kier alpha value is -5.31. The predicted molar refractivity (Wildman–Crippen MR) is 101 cm³/mol. The van der Waals surface area contributed by atoms with Gasteiger partial charge in [0.1, 0.15) is 63.4 Å². The molecule has 0 N–H and O–H groups in total. The summed E-state index contributed by atoms with van der Waals surface area (Å²) in [5.74, 6) is 0. The van der Waals surface area contributed by atoms with Gasteiger partial charge in [-0.25, -0.2) is 29.9 Å². The first-order valence-electron chi connectivity index (χ1n) is 7.80. The Kier molecular flexibility index (Phi) is 4.55. The molecule has 0 saturated carbocycles. The maximum Gasteiger partial charge on any atom is 0.177 e. The molecule has 0 atom stereocenters. The molecule has 0 bridgehead atoms. The smallest absolute Gasteiger partial charge is 0.177 e. The Bertz CT molecular complexity index is 1570. The Balaban J connectivity index is 0.00000256. The van der Waals surface area contributed by atoms with Crippen LogP contribution in [0, 0.1) is 63.6 Å². The number of aromatic nitrogens is 6. The first-order valence-corrected chi connectivity index (χ1v) is 7.80. The average molecular weight is 389 g/mol. The predicted octanol–water partition coefficient (Wildman–Crippen LogP) is 1.82. The van der Waals surface area contributed by atoms with Crippen LogP contribution in [-0.4, -0.2) is 29.9 Å². The van der Waals surface area contributed by atoms with Gasteiger partial charge >= 0.3 is 0 Å². The van der Waals surface area contributed by atoms with Crippen molar-refractivity contribution in [3.63, 3.8) is 0 Å². The van der Waals surface area contributed by atoms with Gasteiger partial charge in [0.05, 0.1) is 5.69 Å². The first-order chi connectivity index (χ1) is 14.1. The lowest BCUT2D eigenvalue weighted by atomic mass is 10.1. The normalized spacial score (nSPS) is 9.73. The molecule has 3 heterocycles. The summed E-state index contributed by atoms with van der Waals surface area (Å²) in [5, 5.41) is 46.5. The summed E-state index contributed by atoms with van der Waals surface area (Å²) in [6, 6.07) is 9.09. The van der Waals surface area contributed by atoms with Gasteiger partial charge in [-0.3, -0.25) is 0 Å². The second-order valence-electron chi connectivity index (χ2n) is 5.65. The highest BCUT2D eigenvalue weighted by Crippen LogP contribution is 2.30. The lowest BCUT2D eigenvalue weighted by molar-refractivity contribution is 1.13. The average Bonchev–Trinajstić information content (AvgIpc) is 2.76. The number of aryl methyl sites for hydroxylation is 1. The summed E-state index contributed by atoms with van der Waals surface area (Å²) < 4.78 is 0. The van der Waals surface area contributed by atoms with Gasteiger partial charge in [0.15, 0.2) is 28.5 Å².